The van der Waals surface area contributed by atoms with Crippen LogP contribution in [0.2, 0.25) is 0 Å². The summed E-state index contributed by atoms with van der Waals surface area (Å²) in [5.41, 5.74) is 6.66. The van der Waals surface area contributed by atoms with Crippen molar-refractivity contribution in [1.29, 1.82) is 0 Å². The number of benzene rings is 2. The highest BCUT2D eigenvalue weighted by Gasteiger charge is 2.36. The average molecular weight is 413 g/mol. The summed E-state index contributed by atoms with van der Waals surface area (Å²) in [6.07, 6.45) is 4.51. The Hall–Kier alpha value is -1.91. The van der Waals surface area contributed by atoms with Crippen LogP contribution in [0.15, 0.2) is 47.4 Å². The molecule has 3 nitrogen and oxygen atoms in total. The Labute approximate surface area is 175 Å². The van der Waals surface area contributed by atoms with Crippen LogP contribution in [0.5, 0.6) is 0 Å². The summed E-state index contributed by atoms with van der Waals surface area (Å²) in [6, 6.07) is 13.8. The number of ether oxygens (including phenoxy) is 1. The molecule has 0 fully saturated rings. The quantitative estimate of drug-likeness (QED) is 0.568. The van der Waals surface area contributed by atoms with E-state index in [2.05, 4.69) is 58.9 Å². The van der Waals surface area contributed by atoms with Crippen LogP contribution < -0.4 is 0 Å². The van der Waals surface area contributed by atoms with Crippen molar-refractivity contribution in [3.8, 4) is 0 Å². The van der Waals surface area contributed by atoms with Gasteiger partial charge in [-0.25, -0.2) is 8.42 Å². The molecule has 1 aliphatic carbocycles. The van der Waals surface area contributed by atoms with Crippen molar-refractivity contribution >= 4 is 21.5 Å². The Balaban J connectivity index is 1.93. The van der Waals surface area contributed by atoms with Gasteiger partial charge in [-0.3, -0.25) is 0 Å². The predicted molar refractivity (Wildman–Crippen MR) is 121 cm³/mol. The minimum Gasteiger partial charge on any atom is -0.368 e. The van der Waals surface area contributed by atoms with Gasteiger partial charge in [-0.1, -0.05) is 64.1 Å². The van der Waals surface area contributed by atoms with E-state index in [1.54, 1.807) is 12.1 Å². The molecular weight excluding hydrogens is 380 g/mol. The van der Waals surface area contributed by atoms with Gasteiger partial charge >= 0.3 is 0 Å². The van der Waals surface area contributed by atoms with Crippen LogP contribution in [-0.2, 0) is 25.4 Å². The predicted octanol–water partition coefficient (Wildman–Crippen LogP) is 5.97. The first kappa shape index (κ1) is 21.8. The maximum Gasteiger partial charge on any atom is 0.202 e. The molecule has 0 aliphatic heterocycles. The molecule has 0 bridgehead atoms. The van der Waals surface area contributed by atoms with Crippen molar-refractivity contribution in [3.05, 3.63) is 64.7 Å². The highest BCUT2D eigenvalue weighted by atomic mass is 32.2. The van der Waals surface area contributed by atoms with Crippen molar-refractivity contribution in [2.75, 3.05) is 13.0 Å². The first-order valence-corrected chi connectivity index (χ1v) is 11.8. The third kappa shape index (κ3) is 4.49. The van der Waals surface area contributed by atoms with Gasteiger partial charge in [0.25, 0.3) is 0 Å². The highest BCUT2D eigenvalue weighted by Crippen LogP contribution is 2.46. The summed E-state index contributed by atoms with van der Waals surface area (Å²) in [5, 5.41) is 0. The second-order valence-corrected chi connectivity index (χ2v) is 11.4. The normalized spacial score (nSPS) is 18.3. The highest BCUT2D eigenvalue weighted by molar-refractivity contribution is 7.91. The maximum absolute atomic E-state index is 12.1. The zero-order valence-electron chi connectivity index (χ0n) is 18.4. The van der Waals surface area contributed by atoms with Gasteiger partial charge < -0.3 is 4.74 Å². The average Bonchev–Trinajstić information content (AvgIpc) is 2.66. The van der Waals surface area contributed by atoms with E-state index >= 15 is 0 Å². The standard InChI is InChI=1S/C25H32O3S/c1-18(15-19-7-10-21(11-8-19)29(26,27)17-28-6)20-9-12-22-23(16-20)25(4,5)14-13-24(22,2)3/h7-12,15-16H,13-14,17H2,1-6H3. The molecule has 0 aromatic heterocycles. The second-order valence-electron chi connectivity index (χ2n) is 9.45. The third-order valence-electron chi connectivity index (χ3n) is 6.20. The van der Waals surface area contributed by atoms with E-state index in [1.165, 1.54) is 42.2 Å². The molecule has 0 amide bonds. The molecule has 0 N–H and O–H groups in total. The molecule has 1 aliphatic rings. The van der Waals surface area contributed by atoms with Crippen LogP contribution in [0, 0.1) is 0 Å². The topological polar surface area (TPSA) is 43.4 Å². The SMILES string of the molecule is COCS(=O)(=O)c1ccc(C=C(C)c2ccc3c(c2)C(C)(C)CCC3(C)C)cc1. The van der Waals surface area contributed by atoms with Gasteiger partial charge in [0.2, 0.25) is 9.84 Å². The molecule has 3 rings (SSSR count). The second kappa shape index (κ2) is 7.73. The molecule has 0 saturated heterocycles. The lowest BCUT2D eigenvalue weighted by atomic mass is 9.63. The zero-order chi connectivity index (χ0) is 21.4. The summed E-state index contributed by atoms with van der Waals surface area (Å²) in [7, 11) is -2.00. The number of methoxy groups -OCH3 is 1. The number of sulfone groups is 1. The van der Waals surface area contributed by atoms with Crippen LogP contribution >= 0.6 is 0 Å². The smallest absolute Gasteiger partial charge is 0.202 e. The minimum atomic E-state index is -3.39. The summed E-state index contributed by atoms with van der Waals surface area (Å²) < 4.78 is 29.0. The number of fused-ring (bicyclic) bond motifs is 1. The van der Waals surface area contributed by atoms with Crippen molar-refractivity contribution in [2.24, 2.45) is 0 Å². The number of allylic oxidation sites excluding steroid dienone is 1. The summed E-state index contributed by atoms with van der Waals surface area (Å²) in [4.78, 5) is 0.284. The monoisotopic (exact) mass is 412 g/mol. The molecular formula is C25H32O3S. The Morgan fingerprint density at radius 3 is 2.14 bits per heavy atom. The Bertz CT molecular complexity index is 1030. The largest absolute Gasteiger partial charge is 0.368 e. The van der Waals surface area contributed by atoms with E-state index in [4.69, 9.17) is 4.74 Å². The van der Waals surface area contributed by atoms with Gasteiger partial charge in [-0.15, -0.1) is 0 Å². The summed E-state index contributed by atoms with van der Waals surface area (Å²) in [6.45, 7) is 11.5. The van der Waals surface area contributed by atoms with E-state index < -0.39 is 9.84 Å². The van der Waals surface area contributed by atoms with Gasteiger partial charge in [-0.2, -0.15) is 0 Å². The zero-order valence-corrected chi connectivity index (χ0v) is 19.2. The number of hydrogen-bond acceptors (Lipinski definition) is 3. The number of hydrogen-bond donors (Lipinski definition) is 0. The lowest BCUT2D eigenvalue weighted by Gasteiger charge is -2.42. The molecule has 0 spiro atoms. The Morgan fingerprint density at radius 2 is 1.55 bits per heavy atom. The molecule has 2 aromatic carbocycles. The molecule has 0 saturated carbocycles. The third-order valence-corrected chi connectivity index (χ3v) is 7.74. The molecule has 29 heavy (non-hydrogen) atoms. The van der Waals surface area contributed by atoms with Gasteiger partial charge in [0, 0.05) is 7.11 Å². The van der Waals surface area contributed by atoms with Crippen LogP contribution in [0.3, 0.4) is 0 Å². The molecule has 0 atom stereocenters. The van der Waals surface area contributed by atoms with E-state index in [0.717, 1.165) is 5.56 Å². The van der Waals surface area contributed by atoms with Gasteiger partial charge in [-0.05, 0) is 70.6 Å². The van der Waals surface area contributed by atoms with E-state index in [0.29, 0.717) is 0 Å². The van der Waals surface area contributed by atoms with Crippen LogP contribution in [0.4, 0.5) is 0 Å². The van der Waals surface area contributed by atoms with E-state index in [-0.39, 0.29) is 21.7 Å². The van der Waals surface area contributed by atoms with Crippen LogP contribution in [0.1, 0.15) is 69.7 Å². The maximum atomic E-state index is 12.1. The molecule has 4 heteroatoms. The lowest BCUT2D eigenvalue weighted by Crippen LogP contribution is -2.33. The number of rotatable bonds is 5. The fourth-order valence-electron chi connectivity index (χ4n) is 4.16. The van der Waals surface area contributed by atoms with Crippen LogP contribution in [0.25, 0.3) is 11.6 Å². The Morgan fingerprint density at radius 1 is 0.966 bits per heavy atom. The van der Waals surface area contributed by atoms with Crippen molar-refractivity contribution in [1.82, 2.24) is 0 Å². The first-order chi connectivity index (χ1) is 13.5. The molecule has 156 valence electrons. The van der Waals surface area contributed by atoms with Gasteiger partial charge in [0.1, 0.15) is 0 Å². The van der Waals surface area contributed by atoms with Crippen molar-refractivity contribution in [3.63, 3.8) is 0 Å². The lowest BCUT2D eigenvalue weighted by molar-refractivity contribution is 0.250. The molecule has 2 aromatic rings. The fraction of sp³-hybridized carbons (Fsp3) is 0.440. The van der Waals surface area contributed by atoms with Crippen LogP contribution in [-0.4, -0.2) is 21.5 Å². The minimum absolute atomic E-state index is 0.179. The molecule has 0 heterocycles. The first-order valence-electron chi connectivity index (χ1n) is 10.1. The Kier molecular flexibility index (Phi) is 5.81. The molecule has 0 radical (unpaired) electrons. The van der Waals surface area contributed by atoms with Crippen molar-refractivity contribution in [2.45, 2.75) is 63.2 Å². The van der Waals surface area contributed by atoms with Gasteiger partial charge in [0.15, 0.2) is 5.94 Å². The molecule has 0 unspecified atom stereocenters. The van der Waals surface area contributed by atoms with E-state index in [9.17, 15) is 8.42 Å². The fourth-order valence-corrected chi connectivity index (χ4v) is 5.16. The van der Waals surface area contributed by atoms with Gasteiger partial charge in [0.05, 0.1) is 4.90 Å². The van der Waals surface area contributed by atoms with E-state index in [1.807, 2.05) is 12.1 Å². The summed E-state index contributed by atoms with van der Waals surface area (Å²) >= 11 is 0. The van der Waals surface area contributed by atoms with Crippen molar-refractivity contribution < 1.29 is 13.2 Å². The summed E-state index contributed by atoms with van der Waals surface area (Å²) in [5.74, 6) is -0.303.